The molecule has 0 aromatic rings. The van der Waals surface area contributed by atoms with E-state index < -0.39 is 23.0 Å². The quantitative estimate of drug-likeness (QED) is 0.510. The van der Waals surface area contributed by atoms with Crippen LogP contribution in [0.1, 0.15) is 40.5 Å². The fraction of sp³-hybridized carbons (Fsp3) is 0.833. The minimum absolute atomic E-state index is 0.0659. The van der Waals surface area contributed by atoms with E-state index in [1.807, 2.05) is 13.8 Å². The van der Waals surface area contributed by atoms with Crippen LogP contribution in [0.4, 0.5) is 0 Å². The van der Waals surface area contributed by atoms with Gasteiger partial charge in [-0.25, -0.2) is 0 Å². The zero-order valence-corrected chi connectivity index (χ0v) is 11.5. The monoisotopic (exact) mass is 260 g/mol. The van der Waals surface area contributed by atoms with Crippen LogP contribution < -0.4 is 11.1 Å². The number of aliphatic carboxylic acids is 2. The number of carboxylic acids is 2. The first kappa shape index (κ1) is 16.9. The molecule has 0 aromatic carbocycles. The van der Waals surface area contributed by atoms with Gasteiger partial charge >= 0.3 is 11.9 Å². The van der Waals surface area contributed by atoms with Gasteiger partial charge in [-0.1, -0.05) is 20.3 Å². The predicted molar refractivity (Wildman–Crippen MR) is 68.3 cm³/mol. The molecule has 5 N–H and O–H groups in total. The highest BCUT2D eigenvalue weighted by Gasteiger charge is 2.38. The number of carbonyl (C=O) groups is 2. The van der Waals surface area contributed by atoms with Crippen LogP contribution in [0.15, 0.2) is 0 Å². The highest BCUT2D eigenvalue weighted by Crippen LogP contribution is 2.21. The van der Waals surface area contributed by atoms with Crippen molar-refractivity contribution in [2.75, 3.05) is 6.54 Å². The van der Waals surface area contributed by atoms with Crippen LogP contribution >= 0.6 is 0 Å². The molecule has 3 atom stereocenters. The Morgan fingerprint density at radius 1 is 1.28 bits per heavy atom. The molecule has 0 saturated carbocycles. The van der Waals surface area contributed by atoms with Gasteiger partial charge in [0, 0.05) is 0 Å². The Morgan fingerprint density at radius 3 is 2.11 bits per heavy atom. The number of carboxylic acid groups (broad SMARTS) is 2. The van der Waals surface area contributed by atoms with Crippen LogP contribution in [0.3, 0.4) is 0 Å². The van der Waals surface area contributed by atoms with Crippen LogP contribution in [0.5, 0.6) is 0 Å². The SMILES string of the molecule is CC[C@H](C)[C@](C)(NCCC(C)(N)C(=O)O)C(=O)O. The smallest absolute Gasteiger partial charge is 0.323 e. The van der Waals surface area contributed by atoms with Gasteiger partial charge in [-0.2, -0.15) is 0 Å². The first-order chi connectivity index (χ1) is 8.08. The van der Waals surface area contributed by atoms with Crippen LogP contribution in [-0.2, 0) is 9.59 Å². The van der Waals surface area contributed by atoms with E-state index in [0.717, 1.165) is 0 Å². The first-order valence-corrected chi connectivity index (χ1v) is 6.08. The molecule has 18 heavy (non-hydrogen) atoms. The van der Waals surface area contributed by atoms with Crippen LogP contribution in [0.25, 0.3) is 0 Å². The van der Waals surface area contributed by atoms with Crippen molar-refractivity contribution in [1.29, 1.82) is 0 Å². The van der Waals surface area contributed by atoms with E-state index in [4.69, 9.17) is 10.8 Å². The summed E-state index contributed by atoms with van der Waals surface area (Å²) in [5.41, 5.74) is 3.18. The Morgan fingerprint density at radius 2 is 1.78 bits per heavy atom. The van der Waals surface area contributed by atoms with Crippen molar-refractivity contribution in [1.82, 2.24) is 5.32 Å². The normalized spacial score (nSPS) is 19.6. The maximum absolute atomic E-state index is 11.3. The molecule has 0 aliphatic heterocycles. The van der Waals surface area contributed by atoms with Crippen molar-refractivity contribution in [3.63, 3.8) is 0 Å². The third kappa shape index (κ3) is 3.96. The second kappa shape index (κ2) is 6.15. The molecule has 0 fully saturated rings. The molecule has 6 heteroatoms. The molecular formula is C12H24N2O4. The van der Waals surface area contributed by atoms with E-state index >= 15 is 0 Å². The summed E-state index contributed by atoms with van der Waals surface area (Å²) < 4.78 is 0. The molecule has 0 radical (unpaired) electrons. The number of nitrogens with two attached hydrogens (primary N) is 1. The maximum Gasteiger partial charge on any atom is 0.323 e. The largest absolute Gasteiger partial charge is 0.480 e. The van der Waals surface area contributed by atoms with Gasteiger partial charge in [-0.3, -0.25) is 9.59 Å². The molecule has 0 aliphatic rings. The van der Waals surface area contributed by atoms with Crippen molar-refractivity contribution < 1.29 is 19.8 Å². The van der Waals surface area contributed by atoms with Crippen LogP contribution in [0, 0.1) is 5.92 Å². The Bertz CT molecular complexity index is 317. The fourth-order valence-electron chi connectivity index (χ4n) is 1.56. The summed E-state index contributed by atoms with van der Waals surface area (Å²) in [5, 5.41) is 21.0. The van der Waals surface area contributed by atoms with E-state index in [9.17, 15) is 14.7 Å². The lowest BCUT2D eigenvalue weighted by Gasteiger charge is -2.33. The van der Waals surface area contributed by atoms with Gasteiger partial charge in [0.15, 0.2) is 0 Å². The lowest BCUT2D eigenvalue weighted by Crippen LogP contribution is -2.56. The fourth-order valence-corrected chi connectivity index (χ4v) is 1.56. The Balaban J connectivity index is 4.57. The molecule has 0 aromatic heterocycles. The Hall–Kier alpha value is -1.14. The van der Waals surface area contributed by atoms with E-state index in [1.54, 1.807) is 6.92 Å². The molecule has 0 amide bonds. The summed E-state index contributed by atoms with van der Waals surface area (Å²) in [7, 11) is 0. The number of hydrogen-bond acceptors (Lipinski definition) is 4. The Kier molecular flexibility index (Phi) is 5.76. The zero-order valence-electron chi connectivity index (χ0n) is 11.5. The van der Waals surface area contributed by atoms with E-state index in [2.05, 4.69) is 5.32 Å². The standard InChI is InChI=1S/C12H24N2O4/c1-5-8(2)12(4,10(17)18)14-7-6-11(3,13)9(15)16/h8,14H,5-7,13H2,1-4H3,(H,15,16)(H,17,18)/t8-,11?,12-/m0/s1. The molecule has 1 unspecified atom stereocenters. The first-order valence-electron chi connectivity index (χ1n) is 6.08. The lowest BCUT2D eigenvalue weighted by atomic mass is 9.84. The van der Waals surface area contributed by atoms with Gasteiger partial charge in [0.2, 0.25) is 0 Å². The molecule has 106 valence electrons. The molecule has 0 aliphatic carbocycles. The van der Waals surface area contributed by atoms with E-state index in [1.165, 1.54) is 6.92 Å². The third-order valence-corrected chi connectivity index (χ3v) is 3.67. The van der Waals surface area contributed by atoms with E-state index in [0.29, 0.717) is 6.42 Å². The van der Waals surface area contributed by atoms with Gasteiger partial charge in [-0.05, 0) is 32.7 Å². The highest BCUT2D eigenvalue weighted by atomic mass is 16.4. The average molecular weight is 260 g/mol. The third-order valence-electron chi connectivity index (χ3n) is 3.67. The number of hydrogen-bond donors (Lipinski definition) is 4. The number of nitrogens with one attached hydrogen (secondary N) is 1. The van der Waals surface area contributed by atoms with Crippen molar-refractivity contribution in [3.05, 3.63) is 0 Å². The van der Waals surface area contributed by atoms with Crippen LogP contribution in [0.2, 0.25) is 0 Å². The summed E-state index contributed by atoms with van der Waals surface area (Å²) in [6.45, 7) is 7.03. The average Bonchev–Trinajstić information content (AvgIpc) is 2.26. The van der Waals surface area contributed by atoms with Crippen molar-refractivity contribution in [3.8, 4) is 0 Å². The van der Waals surface area contributed by atoms with Gasteiger partial charge in [0.1, 0.15) is 11.1 Å². The zero-order chi connectivity index (χ0) is 14.6. The van der Waals surface area contributed by atoms with Crippen molar-refractivity contribution >= 4 is 11.9 Å². The molecule has 0 rings (SSSR count). The van der Waals surface area contributed by atoms with Gasteiger partial charge in [-0.15, -0.1) is 0 Å². The summed E-state index contributed by atoms with van der Waals surface area (Å²) in [4.78, 5) is 22.1. The highest BCUT2D eigenvalue weighted by molar-refractivity contribution is 5.79. The number of rotatable bonds is 8. The lowest BCUT2D eigenvalue weighted by molar-refractivity contribution is -0.146. The molecule has 0 bridgehead atoms. The predicted octanol–water partition coefficient (Wildman–Crippen LogP) is 0.658. The Labute approximate surface area is 108 Å². The van der Waals surface area contributed by atoms with E-state index in [-0.39, 0.29) is 18.9 Å². The molecule has 0 spiro atoms. The minimum atomic E-state index is -1.35. The van der Waals surface area contributed by atoms with Gasteiger partial charge < -0.3 is 21.3 Å². The second-order valence-electron chi connectivity index (χ2n) is 5.22. The maximum atomic E-state index is 11.3. The summed E-state index contributed by atoms with van der Waals surface area (Å²) in [5.74, 6) is -2.10. The van der Waals surface area contributed by atoms with Crippen LogP contribution in [-0.4, -0.2) is 39.8 Å². The topological polar surface area (TPSA) is 113 Å². The summed E-state index contributed by atoms with van der Waals surface area (Å²) >= 11 is 0. The van der Waals surface area contributed by atoms with Gasteiger partial charge in [0.05, 0.1) is 0 Å². The molecule has 6 nitrogen and oxygen atoms in total. The van der Waals surface area contributed by atoms with Gasteiger partial charge in [0.25, 0.3) is 0 Å². The molecule has 0 saturated heterocycles. The summed E-state index contributed by atoms with van der Waals surface area (Å²) in [6, 6.07) is 0. The molecule has 0 heterocycles. The van der Waals surface area contributed by atoms with Crippen molar-refractivity contribution in [2.45, 2.75) is 51.6 Å². The summed E-state index contributed by atoms with van der Waals surface area (Å²) in [6.07, 6.45) is 0.885. The minimum Gasteiger partial charge on any atom is -0.480 e. The van der Waals surface area contributed by atoms with Crippen molar-refractivity contribution in [2.24, 2.45) is 11.7 Å². The second-order valence-corrected chi connectivity index (χ2v) is 5.22. The molecular weight excluding hydrogens is 236 g/mol.